The average molecular weight is 377 g/mol. The molecule has 0 spiro atoms. The Labute approximate surface area is 163 Å². The molecule has 1 heterocycles. The molecule has 0 bridgehead atoms. The van der Waals surface area contributed by atoms with Crippen molar-refractivity contribution in [2.24, 2.45) is 5.92 Å². The second-order valence-corrected chi connectivity index (χ2v) is 7.03. The van der Waals surface area contributed by atoms with Crippen LogP contribution in [-0.2, 0) is 6.42 Å². The molecule has 28 heavy (non-hydrogen) atoms. The number of aromatic hydroxyl groups is 1. The number of amides is 1. The van der Waals surface area contributed by atoms with E-state index in [0.29, 0.717) is 11.6 Å². The van der Waals surface area contributed by atoms with Gasteiger partial charge in [-0.2, -0.15) is 5.10 Å². The summed E-state index contributed by atoms with van der Waals surface area (Å²) in [6.07, 6.45) is 2.23. The number of hydrogen-bond acceptors (Lipinski definition) is 4. The first kappa shape index (κ1) is 19.4. The minimum absolute atomic E-state index is 0.357. The molecule has 1 amide bonds. The van der Waals surface area contributed by atoms with Crippen LogP contribution >= 0.6 is 0 Å². The van der Waals surface area contributed by atoms with Gasteiger partial charge in [0.25, 0.3) is 11.3 Å². The molecular formula is C22H23N3O3. The summed E-state index contributed by atoms with van der Waals surface area (Å²) in [6, 6.07) is 15.8. The third-order valence-electron chi connectivity index (χ3n) is 4.40. The van der Waals surface area contributed by atoms with Gasteiger partial charge in [0, 0.05) is 12.6 Å². The van der Waals surface area contributed by atoms with Gasteiger partial charge in [0.2, 0.25) is 0 Å². The first-order valence-corrected chi connectivity index (χ1v) is 9.14. The van der Waals surface area contributed by atoms with Gasteiger partial charge in [-0.05, 0) is 29.5 Å². The highest BCUT2D eigenvalue weighted by atomic mass is 16.3. The van der Waals surface area contributed by atoms with Crippen molar-refractivity contribution in [3.05, 3.63) is 76.2 Å². The van der Waals surface area contributed by atoms with Gasteiger partial charge < -0.3 is 10.4 Å². The number of carbonyl (C=O) groups excluding carboxylic acids is 1. The van der Waals surface area contributed by atoms with E-state index >= 15 is 0 Å². The topological polar surface area (TPSA) is 84.2 Å². The van der Waals surface area contributed by atoms with Gasteiger partial charge in [0.05, 0.1) is 11.9 Å². The van der Waals surface area contributed by atoms with Crippen molar-refractivity contribution in [2.75, 3.05) is 7.05 Å². The number of rotatable bonds is 5. The fourth-order valence-electron chi connectivity index (χ4n) is 3.08. The van der Waals surface area contributed by atoms with Crippen molar-refractivity contribution in [1.29, 1.82) is 0 Å². The zero-order valence-electron chi connectivity index (χ0n) is 16.1. The van der Waals surface area contributed by atoms with Crippen molar-refractivity contribution in [2.45, 2.75) is 20.3 Å². The quantitative estimate of drug-likeness (QED) is 0.715. The van der Waals surface area contributed by atoms with Crippen LogP contribution in [0.2, 0.25) is 0 Å². The fraction of sp³-hybridized carbons (Fsp3) is 0.227. The van der Waals surface area contributed by atoms with Gasteiger partial charge in [-0.1, -0.05) is 56.3 Å². The Kier molecular flexibility index (Phi) is 5.59. The first-order chi connectivity index (χ1) is 13.4. The SMILES string of the molecule is CNC(=O)c1nn(-c2ccccc2-c2ccc(CC(C)C)cc2)cc(O)c1=O. The number of carbonyl (C=O) groups is 1. The monoisotopic (exact) mass is 377 g/mol. The van der Waals surface area contributed by atoms with E-state index < -0.39 is 17.1 Å². The normalized spacial score (nSPS) is 10.9. The zero-order valence-corrected chi connectivity index (χ0v) is 16.1. The van der Waals surface area contributed by atoms with Gasteiger partial charge in [0.15, 0.2) is 11.4 Å². The Bertz CT molecular complexity index is 1050. The van der Waals surface area contributed by atoms with Crippen LogP contribution in [0.5, 0.6) is 5.75 Å². The maximum atomic E-state index is 12.0. The van der Waals surface area contributed by atoms with Crippen LogP contribution in [0, 0.1) is 5.92 Å². The van der Waals surface area contributed by atoms with E-state index in [0.717, 1.165) is 17.5 Å². The van der Waals surface area contributed by atoms with Crippen LogP contribution in [0.1, 0.15) is 29.9 Å². The summed E-state index contributed by atoms with van der Waals surface area (Å²) in [7, 11) is 1.41. The molecular weight excluding hydrogens is 354 g/mol. The summed E-state index contributed by atoms with van der Waals surface area (Å²) >= 11 is 0. The lowest BCUT2D eigenvalue weighted by atomic mass is 9.98. The lowest BCUT2D eigenvalue weighted by Crippen LogP contribution is -2.29. The van der Waals surface area contributed by atoms with Crippen LogP contribution in [0.3, 0.4) is 0 Å². The molecule has 0 radical (unpaired) electrons. The number of benzene rings is 2. The highest BCUT2D eigenvalue weighted by molar-refractivity contribution is 5.92. The zero-order chi connectivity index (χ0) is 20.3. The Hall–Kier alpha value is -3.41. The number of aromatic nitrogens is 2. The van der Waals surface area contributed by atoms with E-state index in [4.69, 9.17) is 0 Å². The predicted octanol–water partition coefficient (Wildman–Crippen LogP) is 3.16. The van der Waals surface area contributed by atoms with Gasteiger partial charge in [-0.25, -0.2) is 4.68 Å². The standard InChI is InChI=1S/C22H23N3O3/c1-14(2)12-15-8-10-16(11-9-15)17-6-4-5-7-18(17)25-13-19(26)21(27)20(24-25)22(28)23-3/h4-11,13-14,26H,12H2,1-3H3,(H,23,28). The molecule has 0 atom stereocenters. The second kappa shape index (κ2) is 8.08. The molecule has 6 nitrogen and oxygen atoms in total. The van der Waals surface area contributed by atoms with Crippen LogP contribution in [0.15, 0.2) is 59.5 Å². The highest BCUT2D eigenvalue weighted by Crippen LogP contribution is 2.27. The number of nitrogens with zero attached hydrogens (tertiary/aromatic N) is 2. The molecule has 3 aromatic rings. The van der Waals surface area contributed by atoms with Crippen molar-refractivity contribution in [3.63, 3.8) is 0 Å². The maximum absolute atomic E-state index is 12.0. The van der Waals surface area contributed by atoms with Gasteiger partial charge >= 0.3 is 0 Å². The Balaban J connectivity index is 2.10. The van der Waals surface area contributed by atoms with Crippen LogP contribution < -0.4 is 10.7 Å². The van der Waals surface area contributed by atoms with Crippen molar-refractivity contribution >= 4 is 5.91 Å². The smallest absolute Gasteiger partial charge is 0.275 e. The molecule has 2 aromatic carbocycles. The largest absolute Gasteiger partial charge is 0.503 e. The summed E-state index contributed by atoms with van der Waals surface area (Å²) in [5, 5.41) is 16.5. The van der Waals surface area contributed by atoms with Crippen molar-refractivity contribution < 1.29 is 9.90 Å². The molecule has 1 aromatic heterocycles. The summed E-state index contributed by atoms with van der Waals surface area (Å²) in [5.41, 5.74) is 2.61. The molecule has 0 aliphatic rings. The van der Waals surface area contributed by atoms with E-state index in [1.165, 1.54) is 23.5 Å². The fourth-order valence-corrected chi connectivity index (χ4v) is 3.08. The first-order valence-electron chi connectivity index (χ1n) is 9.14. The van der Waals surface area contributed by atoms with Crippen molar-refractivity contribution in [1.82, 2.24) is 15.1 Å². The van der Waals surface area contributed by atoms with E-state index in [1.54, 1.807) is 0 Å². The summed E-state index contributed by atoms with van der Waals surface area (Å²) in [4.78, 5) is 24.0. The summed E-state index contributed by atoms with van der Waals surface area (Å²) < 4.78 is 1.36. The lowest BCUT2D eigenvalue weighted by molar-refractivity contribution is 0.0954. The third kappa shape index (κ3) is 3.96. The van der Waals surface area contributed by atoms with Crippen LogP contribution in [-0.4, -0.2) is 27.8 Å². The van der Waals surface area contributed by atoms with Crippen molar-refractivity contribution in [3.8, 4) is 22.6 Å². The van der Waals surface area contributed by atoms with Gasteiger partial charge in [0.1, 0.15) is 0 Å². The Morgan fingerprint density at radius 2 is 1.82 bits per heavy atom. The number of para-hydroxylation sites is 1. The van der Waals surface area contributed by atoms with E-state index in [-0.39, 0.29) is 5.69 Å². The van der Waals surface area contributed by atoms with Crippen LogP contribution in [0.4, 0.5) is 0 Å². The second-order valence-electron chi connectivity index (χ2n) is 7.03. The minimum atomic E-state index is -0.800. The third-order valence-corrected chi connectivity index (χ3v) is 4.40. The molecule has 0 fully saturated rings. The molecule has 0 unspecified atom stereocenters. The molecule has 3 rings (SSSR count). The van der Waals surface area contributed by atoms with E-state index in [1.807, 2.05) is 36.4 Å². The minimum Gasteiger partial charge on any atom is -0.503 e. The lowest BCUT2D eigenvalue weighted by Gasteiger charge is -2.14. The van der Waals surface area contributed by atoms with Gasteiger partial charge in [-0.3, -0.25) is 9.59 Å². The molecule has 0 aliphatic heterocycles. The maximum Gasteiger partial charge on any atom is 0.275 e. The summed E-state index contributed by atoms with van der Waals surface area (Å²) in [5.74, 6) is -0.601. The van der Waals surface area contributed by atoms with Gasteiger partial charge in [-0.15, -0.1) is 0 Å². The predicted molar refractivity (Wildman–Crippen MR) is 109 cm³/mol. The highest BCUT2D eigenvalue weighted by Gasteiger charge is 2.17. The number of nitrogens with one attached hydrogen (secondary N) is 1. The Morgan fingerprint density at radius 1 is 1.14 bits per heavy atom. The van der Waals surface area contributed by atoms with E-state index in [2.05, 4.69) is 36.4 Å². The summed E-state index contributed by atoms with van der Waals surface area (Å²) in [6.45, 7) is 4.36. The van der Waals surface area contributed by atoms with E-state index in [9.17, 15) is 14.7 Å². The molecule has 6 heteroatoms. The molecule has 144 valence electrons. The molecule has 0 aliphatic carbocycles. The van der Waals surface area contributed by atoms with Crippen LogP contribution in [0.25, 0.3) is 16.8 Å². The Morgan fingerprint density at radius 3 is 2.46 bits per heavy atom. The molecule has 2 N–H and O–H groups in total. The molecule has 0 saturated heterocycles. The molecule has 0 saturated carbocycles. The average Bonchev–Trinajstić information content (AvgIpc) is 2.69. The number of hydrogen-bond donors (Lipinski definition) is 2.